The van der Waals surface area contributed by atoms with Crippen molar-refractivity contribution in [1.29, 1.82) is 0 Å². The predicted molar refractivity (Wildman–Crippen MR) is 257 cm³/mol. The third-order valence-electron chi connectivity index (χ3n) is 13.1. The highest BCUT2D eigenvalue weighted by molar-refractivity contribution is 6.23. The Bertz CT molecular complexity index is 3560. The van der Waals surface area contributed by atoms with Crippen molar-refractivity contribution < 1.29 is 0 Å². The van der Waals surface area contributed by atoms with E-state index in [2.05, 4.69) is 214 Å². The second-order valence-electron chi connectivity index (χ2n) is 16.9. The van der Waals surface area contributed by atoms with Crippen LogP contribution in [0.25, 0.3) is 110 Å². The molecule has 286 valence electrons. The molecule has 0 saturated heterocycles. The summed E-state index contributed by atoms with van der Waals surface area (Å²) in [7, 11) is 0. The Morgan fingerprint density at radius 1 is 0.311 bits per heavy atom. The molecule has 0 aliphatic heterocycles. The molecule has 0 spiro atoms. The van der Waals surface area contributed by atoms with Gasteiger partial charge < -0.3 is 0 Å². The molecule has 1 aliphatic carbocycles. The lowest BCUT2D eigenvalue weighted by Gasteiger charge is -2.21. The van der Waals surface area contributed by atoms with Gasteiger partial charge in [-0.1, -0.05) is 202 Å². The Morgan fingerprint density at radius 3 is 1.77 bits per heavy atom. The molecule has 0 amide bonds. The number of nitrogens with zero attached hydrogens (tertiary/aromatic N) is 2. The molecule has 0 fully saturated rings. The number of fused-ring (bicyclic) bond motifs is 8. The summed E-state index contributed by atoms with van der Waals surface area (Å²) >= 11 is 0. The van der Waals surface area contributed by atoms with Crippen LogP contribution >= 0.6 is 0 Å². The van der Waals surface area contributed by atoms with Crippen molar-refractivity contribution in [2.45, 2.75) is 19.3 Å². The summed E-state index contributed by atoms with van der Waals surface area (Å²) in [5.41, 5.74) is 15.1. The van der Waals surface area contributed by atoms with Crippen molar-refractivity contribution >= 4 is 43.1 Å². The topological polar surface area (TPSA) is 25.8 Å². The molecule has 12 rings (SSSR count). The summed E-state index contributed by atoms with van der Waals surface area (Å²) in [6, 6.07) is 74.9. The molecule has 0 N–H and O–H groups in total. The molecule has 0 bridgehead atoms. The molecule has 11 aromatic rings. The average Bonchev–Trinajstić information content (AvgIpc) is 3.56. The maximum Gasteiger partial charge on any atom is 0.160 e. The normalized spacial score (nSPS) is 12.9. The average molecular weight is 777 g/mol. The van der Waals surface area contributed by atoms with Gasteiger partial charge in [0.25, 0.3) is 0 Å². The first-order chi connectivity index (χ1) is 30.0. The summed E-state index contributed by atoms with van der Waals surface area (Å²) in [6.07, 6.45) is 0. The van der Waals surface area contributed by atoms with Gasteiger partial charge >= 0.3 is 0 Å². The minimum Gasteiger partial charge on any atom is -0.228 e. The first-order valence-corrected chi connectivity index (χ1v) is 21.2. The first-order valence-electron chi connectivity index (χ1n) is 21.2. The summed E-state index contributed by atoms with van der Waals surface area (Å²) in [5.74, 6) is 0.704. The van der Waals surface area contributed by atoms with Crippen molar-refractivity contribution in [1.82, 2.24) is 9.97 Å². The number of aromatic nitrogens is 2. The van der Waals surface area contributed by atoms with E-state index in [-0.39, 0.29) is 5.41 Å². The van der Waals surface area contributed by atoms with E-state index in [0.717, 1.165) is 33.5 Å². The number of hydrogen-bond acceptors (Lipinski definition) is 2. The van der Waals surface area contributed by atoms with Crippen molar-refractivity contribution in [3.8, 4) is 67.3 Å². The number of rotatable bonds is 5. The second-order valence-corrected chi connectivity index (χ2v) is 16.9. The van der Waals surface area contributed by atoms with Gasteiger partial charge in [0.1, 0.15) is 0 Å². The monoisotopic (exact) mass is 776 g/mol. The fourth-order valence-electron chi connectivity index (χ4n) is 10.1. The minimum atomic E-state index is -0.0703. The molecule has 0 unspecified atom stereocenters. The quantitative estimate of drug-likeness (QED) is 0.128. The maximum absolute atomic E-state index is 5.34. The fraction of sp³-hybridized carbons (Fsp3) is 0.0508. The van der Waals surface area contributed by atoms with E-state index in [1.807, 2.05) is 6.07 Å². The molecule has 10 aromatic carbocycles. The van der Waals surface area contributed by atoms with Crippen LogP contribution in [0.1, 0.15) is 25.0 Å². The SMILES string of the molecule is CC1(C)c2ccccc2-c2c(-c3cccc(-c4cc(-c5ccc(-c6c7ccccc7cc7c6ccc6ccccc67)c6ccccc56)nc(-c5ccccc5)n4)c3)cccc21. The zero-order valence-electron chi connectivity index (χ0n) is 34.0. The smallest absolute Gasteiger partial charge is 0.160 e. The van der Waals surface area contributed by atoms with Crippen molar-refractivity contribution in [3.63, 3.8) is 0 Å². The molecule has 1 heterocycles. The Hall–Kier alpha value is -7.68. The van der Waals surface area contributed by atoms with E-state index < -0.39 is 0 Å². The van der Waals surface area contributed by atoms with Crippen LogP contribution in [0.5, 0.6) is 0 Å². The van der Waals surface area contributed by atoms with Crippen LogP contribution in [0.15, 0.2) is 206 Å². The Labute approximate surface area is 355 Å². The Morgan fingerprint density at radius 2 is 0.918 bits per heavy atom. The Kier molecular flexibility index (Phi) is 7.92. The molecular weight excluding hydrogens is 737 g/mol. The highest BCUT2D eigenvalue weighted by Gasteiger charge is 2.36. The summed E-state index contributed by atoms with van der Waals surface area (Å²) in [6.45, 7) is 4.68. The molecule has 1 aromatic heterocycles. The lowest BCUT2D eigenvalue weighted by Crippen LogP contribution is -2.14. The molecule has 1 aliphatic rings. The first kappa shape index (κ1) is 35.3. The molecule has 0 radical (unpaired) electrons. The number of hydrogen-bond donors (Lipinski definition) is 0. The summed E-state index contributed by atoms with van der Waals surface area (Å²) in [4.78, 5) is 10.6. The van der Waals surface area contributed by atoms with Crippen LogP contribution in [0.2, 0.25) is 0 Å². The van der Waals surface area contributed by atoms with Crippen LogP contribution in [-0.2, 0) is 5.41 Å². The van der Waals surface area contributed by atoms with Crippen molar-refractivity contribution in [2.75, 3.05) is 0 Å². The molecule has 61 heavy (non-hydrogen) atoms. The number of benzene rings is 10. The van der Waals surface area contributed by atoms with E-state index in [4.69, 9.17) is 9.97 Å². The summed E-state index contributed by atoms with van der Waals surface area (Å²) in [5, 5.41) is 9.86. The van der Waals surface area contributed by atoms with Gasteiger partial charge in [0, 0.05) is 22.1 Å². The minimum absolute atomic E-state index is 0.0703. The lowest BCUT2D eigenvalue weighted by molar-refractivity contribution is 0.660. The van der Waals surface area contributed by atoms with Gasteiger partial charge in [-0.05, 0) is 106 Å². The van der Waals surface area contributed by atoms with Gasteiger partial charge in [0.15, 0.2) is 5.82 Å². The molecule has 0 saturated carbocycles. The zero-order chi connectivity index (χ0) is 40.7. The second kappa shape index (κ2) is 13.7. The van der Waals surface area contributed by atoms with Crippen molar-refractivity contribution in [3.05, 3.63) is 217 Å². The molecule has 2 nitrogen and oxygen atoms in total. The highest BCUT2D eigenvalue weighted by Crippen LogP contribution is 2.52. The van der Waals surface area contributed by atoms with Gasteiger partial charge in [-0.25, -0.2) is 9.97 Å². The van der Waals surface area contributed by atoms with Crippen LogP contribution in [-0.4, -0.2) is 9.97 Å². The van der Waals surface area contributed by atoms with E-state index in [1.54, 1.807) is 0 Å². The zero-order valence-corrected chi connectivity index (χ0v) is 34.0. The van der Waals surface area contributed by atoms with Crippen LogP contribution in [0.4, 0.5) is 0 Å². The lowest BCUT2D eigenvalue weighted by atomic mass is 9.82. The van der Waals surface area contributed by atoms with Gasteiger partial charge in [0.2, 0.25) is 0 Å². The van der Waals surface area contributed by atoms with Gasteiger partial charge in [-0.2, -0.15) is 0 Å². The van der Waals surface area contributed by atoms with Crippen LogP contribution in [0.3, 0.4) is 0 Å². The van der Waals surface area contributed by atoms with Gasteiger partial charge in [-0.3, -0.25) is 0 Å². The predicted octanol–water partition coefficient (Wildman–Crippen LogP) is 15.7. The molecular formula is C59H40N2. The van der Waals surface area contributed by atoms with Crippen molar-refractivity contribution in [2.24, 2.45) is 0 Å². The molecule has 0 atom stereocenters. The maximum atomic E-state index is 5.34. The third kappa shape index (κ3) is 5.56. The largest absolute Gasteiger partial charge is 0.228 e. The highest BCUT2D eigenvalue weighted by atomic mass is 14.9. The van der Waals surface area contributed by atoms with E-state index in [0.29, 0.717) is 5.82 Å². The van der Waals surface area contributed by atoms with Crippen LogP contribution in [0, 0.1) is 0 Å². The molecule has 2 heteroatoms. The third-order valence-corrected chi connectivity index (χ3v) is 13.1. The van der Waals surface area contributed by atoms with E-state index >= 15 is 0 Å². The standard InChI is InChI=1S/C59H40N2/c1-59(2)52-28-13-12-26-50(52)57-44(27-15-29-53(57)59)39-20-14-21-41(34-39)54-36-55(61-58(60-54)38-17-4-3-5-18-38)47-32-33-48(46-25-11-10-24-45(46)47)56-43-23-9-7-19-40(43)35-51-42-22-8-6-16-37(42)30-31-49(51)56/h3-36H,1-2H3. The van der Waals surface area contributed by atoms with E-state index in [9.17, 15) is 0 Å². The van der Waals surface area contributed by atoms with Crippen LogP contribution < -0.4 is 0 Å². The summed E-state index contributed by atoms with van der Waals surface area (Å²) < 4.78 is 0. The van der Waals surface area contributed by atoms with Gasteiger partial charge in [0.05, 0.1) is 11.4 Å². The van der Waals surface area contributed by atoms with Gasteiger partial charge in [-0.15, -0.1) is 0 Å². The fourth-order valence-corrected chi connectivity index (χ4v) is 10.1. The van der Waals surface area contributed by atoms with E-state index in [1.165, 1.54) is 82.2 Å². The Balaban J connectivity index is 1.06.